The van der Waals surface area contributed by atoms with E-state index in [0.717, 1.165) is 34.7 Å². The van der Waals surface area contributed by atoms with Crippen LogP contribution in [0.25, 0.3) is 10.8 Å². The predicted molar refractivity (Wildman–Crippen MR) is 155 cm³/mol. The fourth-order valence-electron chi connectivity index (χ4n) is 4.66. The molecule has 2 amide bonds. The molecular weight excluding hydrogens is 508 g/mol. The van der Waals surface area contributed by atoms with E-state index >= 15 is 0 Å². The zero-order valence-corrected chi connectivity index (χ0v) is 23.2. The van der Waals surface area contributed by atoms with Crippen LogP contribution in [-0.2, 0) is 38.9 Å². The highest BCUT2D eigenvalue weighted by molar-refractivity contribution is 7.90. The van der Waals surface area contributed by atoms with Gasteiger partial charge in [-0.3, -0.25) is 9.59 Å². The molecule has 0 aliphatic heterocycles. The van der Waals surface area contributed by atoms with Gasteiger partial charge in [0, 0.05) is 13.1 Å². The van der Waals surface area contributed by atoms with Gasteiger partial charge in [-0.25, -0.2) is 13.1 Å². The van der Waals surface area contributed by atoms with E-state index in [4.69, 9.17) is 0 Å². The molecule has 0 saturated carbocycles. The molecule has 1 atom stereocenters. The Kier molecular flexibility index (Phi) is 9.15. The van der Waals surface area contributed by atoms with E-state index in [1.807, 2.05) is 80.6 Å². The lowest BCUT2D eigenvalue weighted by Crippen LogP contribution is -2.46. The maximum Gasteiger partial charge on any atom is 0.264 e. The van der Waals surface area contributed by atoms with E-state index in [0.29, 0.717) is 13.1 Å². The first-order valence-electron chi connectivity index (χ1n) is 13.3. The number of carbonyl (C=O) groups is 2. The summed E-state index contributed by atoms with van der Waals surface area (Å²) >= 11 is 0. The molecule has 0 aliphatic carbocycles. The Hall–Kier alpha value is -3.97. The summed E-state index contributed by atoms with van der Waals surface area (Å²) in [5.74, 6) is -2.39. The van der Waals surface area contributed by atoms with Gasteiger partial charge >= 0.3 is 0 Å². The maximum atomic E-state index is 13.4. The molecular formula is C32H34N2O4S. The summed E-state index contributed by atoms with van der Waals surface area (Å²) < 4.78 is 28.5. The highest BCUT2D eigenvalue weighted by Gasteiger charge is 2.33. The van der Waals surface area contributed by atoms with Crippen LogP contribution in [0.2, 0.25) is 0 Å². The zero-order chi connectivity index (χ0) is 27.8. The van der Waals surface area contributed by atoms with Gasteiger partial charge in [-0.2, -0.15) is 0 Å². The summed E-state index contributed by atoms with van der Waals surface area (Å²) in [7, 11) is -4.17. The van der Waals surface area contributed by atoms with Crippen molar-refractivity contribution < 1.29 is 18.0 Å². The summed E-state index contributed by atoms with van der Waals surface area (Å²) in [5, 5.41) is 1.64. The van der Waals surface area contributed by atoms with Crippen molar-refractivity contribution in [3.05, 3.63) is 114 Å². The van der Waals surface area contributed by atoms with E-state index in [1.165, 1.54) is 17.7 Å². The van der Waals surface area contributed by atoms with Crippen LogP contribution in [0.5, 0.6) is 0 Å². The zero-order valence-electron chi connectivity index (χ0n) is 22.3. The van der Waals surface area contributed by atoms with Crippen molar-refractivity contribution >= 4 is 32.6 Å². The molecule has 4 rings (SSSR count). The van der Waals surface area contributed by atoms with Gasteiger partial charge in [-0.15, -0.1) is 0 Å². The third-order valence-electron chi connectivity index (χ3n) is 6.96. The van der Waals surface area contributed by atoms with Gasteiger partial charge in [0.25, 0.3) is 10.0 Å². The number of nitrogens with one attached hydrogen (secondary N) is 1. The van der Waals surface area contributed by atoms with Crippen LogP contribution in [0.4, 0.5) is 0 Å². The quantitative estimate of drug-likeness (QED) is 0.266. The van der Waals surface area contributed by atoms with Crippen molar-refractivity contribution in [2.75, 3.05) is 13.1 Å². The standard InChI is InChI=1S/C32H34N2O4S/c1-3-34(4-2)32(36)30(22-26-18-16-25(17-19-26)15-14-24-10-6-5-7-11-24)31(35)33-39(37,38)29-21-20-27-12-8-9-13-28(27)23-29/h5-13,16-21,23,30H,3-4,14-15,22H2,1-2H3,(H,33,35). The lowest BCUT2D eigenvalue weighted by Gasteiger charge is -2.25. The molecule has 0 fully saturated rings. The Morgan fingerprint density at radius 3 is 1.92 bits per heavy atom. The van der Waals surface area contributed by atoms with E-state index in [-0.39, 0.29) is 17.2 Å². The topological polar surface area (TPSA) is 83.6 Å². The first-order chi connectivity index (χ1) is 18.8. The number of rotatable bonds is 11. The second kappa shape index (κ2) is 12.7. The van der Waals surface area contributed by atoms with Gasteiger partial charge < -0.3 is 4.90 Å². The number of fused-ring (bicyclic) bond motifs is 1. The fraction of sp³-hybridized carbons (Fsp3) is 0.250. The largest absolute Gasteiger partial charge is 0.343 e. The van der Waals surface area contributed by atoms with Crippen LogP contribution in [0.1, 0.15) is 30.5 Å². The van der Waals surface area contributed by atoms with Crippen molar-refractivity contribution in [1.29, 1.82) is 0 Å². The van der Waals surface area contributed by atoms with Crippen LogP contribution >= 0.6 is 0 Å². The molecule has 1 N–H and O–H groups in total. The molecule has 0 aliphatic rings. The highest BCUT2D eigenvalue weighted by atomic mass is 32.2. The SMILES string of the molecule is CCN(CC)C(=O)C(Cc1ccc(CCc2ccccc2)cc1)C(=O)NS(=O)(=O)c1ccc2ccccc2c1. The number of amides is 2. The molecule has 0 radical (unpaired) electrons. The predicted octanol–water partition coefficient (Wildman–Crippen LogP) is 5.16. The van der Waals surface area contributed by atoms with Crippen LogP contribution in [-0.4, -0.2) is 38.2 Å². The van der Waals surface area contributed by atoms with Gasteiger partial charge in [-0.05, 0) is 72.7 Å². The monoisotopic (exact) mass is 542 g/mol. The third kappa shape index (κ3) is 7.12. The number of hydrogen-bond acceptors (Lipinski definition) is 4. The normalized spacial score (nSPS) is 12.2. The minimum absolute atomic E-state index is 0.0219. The molecule has 0 aromatic heterocycles. The van der Waals surface area contributed by atoms with Crippen molar-refractivity contribution in [2.24, 2.45) is 5.92 Å². The van der Waals surface area contributed by atoms with Gasteiger partial charge in [0.1, 0.15) is 5.92 Å². The van der Waals surface area contributed by atoms with E-state index in [9.17, 15) is 18.0 Å². The minimum atomic E-state index is -4.17. The lowest BCUT2D eigenvalue weighted by atomic mass is 9.95. The van der Waals surface area contributed by atoms with Gasteiger partial charge in [0.2, 0.25) is 11.8 Å². The molecule has 4 aromatic carbocycles. The number of aryl methyl sites for hydroxylation is 2. The molecule has 7 heteroatoms. The number of carbonyl (C=O) groups excluding carboxylic acids is 2. The molecule has 0 heterocycles. The molecule has 6 nitrogen and oxygen atoms in total. The molecule has 202 valence electrons. The first kappa shape index (κ1) is 28.0. The van der Waals surface area contributed by atoms with E-state index in [2.05, 4.69) is 16.9 Å². The van der Waals surface area contributed by atoms with Crippen LogP contribution in [0, 0.1) is 5.92 Å². The summed E-state index contributed by atoms with van der Waals surface area (Å²) in [6.07, 6.45) is 1.89. The third-order valence-corrected chi connectivity index (χ3v) is 8.31. The maximum absolute atomic E-state index is 13.4. The molecule has 39 heavy (non-hydrogen) atoms. The minimum Gasteiger partial charge on any atom is -0.343 e. The fourth-order valence-corrected chi connectivity index (χ4v) is 5.71. The molecule has 0 spiro atoms. The molecule has 1 unspecified atom stereocenters. The summed E-state index contributed by atoms with van der Waals surface area (Å²) in [5.41, 5.74) is 3.20. The lowest BCUT2D eigenvalue weighted by molar-refractivity contribution is -0.141. The number of hydrogen-bond donors (Lipinski definition) is 1. The smallest absolute Gasteiger partial charge is 0.264 e. The summed E-state index contributed by atoms with van der Waals surface area (Å²) in [6.45, 7) is 4.53. The molecule has 0 saturated heterocycles. The highest BCUT2D eigenvalue weighted by Crippen LogP contribution is 2.20. The van der Waals surface area contributed by atoms with Gasteiger partial charge in [0.05, 0.1) is 4.90 Å². The summed E-state index contributed by atoms with van der Waals surface area (Å²) in [6, 6.07) is 30.2. The number of nitrogens with zero attached hydrogens (tertiary/aromatic N) is 1. The van der Waals surface area contributed by atoms with Gasteiger partial charge in [0.15, 0.2) is 0 Å². The van der Waals surface area contributed by atoms with Crippen molar-refractivity contribution in [3.63, 3.8) is 0 Å². The second-order valence-corrected chi connectivity index (χ2v) is 11.2. The van der Waals surface area contributed by atoms with Crippen molar-refractivity contribution in [3.8, 4) is 0 Å². The number of benzene rings is 4. The van der Waals surface area contributed by atoms with Crippen molar-refractivity contribution in [2.45, 2.75) is 38.0 Å². The summed E-state index contributed by atoms with van der Waals surface area (Å²) in [4.78, 5) is 28.2. The Bertz CT molecular complexity index is 1530. The molecule has 0 bridgehead atoms. The van der Waals surface area contributed by atoms with Crippen LogP contribution in [0.15, 0.2) is 102 Å². The Morgan fingerprint density at radius 2 is 1.28 bits per heavy atom. The Labute approximate surface area is 230 Å². The van der Waals surface area contributed by atoms with E-state index in [1.54, 1.807) is 11.0 Å². The Morgan fingerprint density at radius 1 is 0.718 bits per heavy atom. The van der Waals surface area contributed by atoms with E-state index < -0.39 is 21.8 Å². The van der Waals surface area contributed by atoms with Gasteiger partial charge in [-0.1, -0.05) is 84.9 Å². The molecule has 4 aromatic rings. The second-order valence-electron chi connectivity index (χ2n) is 9.55. The van der Waals surface area contributed by atoms with Crippen LogP contribution < -0.4 is 4.72 Å². The van der Waals surface area contributed by atoms with Crippen LogP contribution in [0.3, 0.4) is 0 Å². The average molecular weight is 543 g/mol. The first-order valence-corrected chi connectivity index (χ1v) is 14.7. The Balaban J connectivity index is 1.52. The number of sulfonamides is 1. The van der Waals surface area contributed by atoms with Crippen molar-refractivity contribution in [1.82, 2.24) is 9.62 Å². The average Bonchev–Trinajstić information content (AvgIpc) is 2.96.